The third-order valence-corrected chi connectivity index (χ3v) is 4.31. The van der Waals surface area contributed by atoms with Crippen LogP contribution >= 0.6 is 11.6 Å². The predicted octanol–water partition coefficient (Wildman–Crippen LogP) is 3.49. The van der Waals surface area contributed by atoms with Gasteiger partial charge < -0.3 is 14.6 Å². The second-order valence-corrected chi connectivity index (χ2v) is 6.11. The summed E-state index contributed by atoms with van der Waals surface area (Å²) in [6.07, 6.45) is 2.59. The minimum atomic E-state index is -0.272. The molecule has 5 nitrogen and oxygen atoms in total. The van der Waals surface area contributed by atoms with E-state index in [9.17, 15) is 9.59 Å². The summed E-state index contributed by atoms with van der Waals surface area (Å²) in [6.45, 7) is 2.86. The molecule has 0 bridgehead atoms. The van der Waals surface area contributed by atoms with E-state index in [1.807, 2.05) is 6.92 Å². The molecule has 0 unspecified atom stereocenters. The van der Waals surface area contributed by atoms with Gasteiger partial charge in [-0.1, -0.05) is 11.6 Å². The molecule has 0 saturated heterocycles. The van der Waals surface area contributed by atoms with Gasteiger partial charge in [-0.2, -0.15) is 0 Å². The average Bonchev–Trinajstić information content (AvgIpc) is 2.57. The molecule has 0 radical (unpaired) electrons. The van der Waals surface area contributed by atoms with Gasteiger partial charge in [0, 0.05) is 29.0 Å². The first-order valence-corrected chi connectivity index (χ1v) is 8.44. The lowest BCUT2D eigenvalue weighted by atomic mass is 10.0. The van der Waals surface area contributed by atoms with Gasteiger partial charge in [-0.25, -0.2) is 0 Å². The van der Waals surface area contributed by atoms with Crippen LogP contribution in [0.15, 0.2) is 35.1 Å². The molecule has 126 valence electrons. The number of carbonyl (C=O) groups excluding carboxylic acids is 1. The van der Waals surface area contributed by atoms with E-state index in [1.54, 1.807) is 28.8 Å². The molecule has 0 atom stereocenters. The van der Waals surface area contributed by atoms with Gasteiger partial charge in [0.15, 0.2) is 0 Å². The standard InChI is InChI=1S/C18H19ClN2O3/c1-2-24-15-11-16(22)21-10-4-3-5-14(21)17(15)18(23)20-13-8-6-12(19)7-9-13/h6-9,11H,2-5,10H2,1H3,(H,20,23). The molecule has 0 aliphatic carbocycles. The van der Waals surface area contributed by atoms with Crippen LogP contribution in [0.4, 0.5) is 5.69 Å². The molecule has 1 aromatic heterocycles. The van der Waals surface area contributed by atoms with Crippen LogP contribution < -0.4 is 15.6 Å². The lowest BCUT2D eigenvalue weighted by Crippen LogP contribution is -2.31. The Balaban J connectivity index is 2.02. The van der Waals surface area contributed by atoms with Gasteiger partial charge in [-0.3, -0.25) is 9.59 Å². The second-order valence-electron chi connectivity index (χ2n) is 5.67. The van der Waals surface area contributed by atoms with E-state index in [-0.39, 0.29) is 11.5 Å². The summed E-state index contributed by atoms with van der Waals surface area (Å²) in [7, 11) is 0. The average molecular weight is 347 g/mol. The van der Waals surface area contributed by atoms with Gasteiger partial charge in [0.2, 0.25) is 0 Å². The molecule has 0 saturated carbocycles. The van der Waals surface area contributed by atoms with Crippen molar-refractivity contribution in [3.05, 3.63) is 57.0 Å². The number of ether oxygens (including phenoxy) is 1. The Morgan fingerprint density at radius 1 is 1.29 bits per heavy atom. The van der Waals surface area contributed by atoms with Crippen molar-refractivity contribution in [2.75, 3.05) is 11.9 Å². The Bertz CT molecular complexity index is 812. The van der Waals surface area contributed by atoms with Crippen molar-refractivity contribution in [2.24, 2.45) is 0 Å². The smallest absolute Gasteiger partial charge is 0.261 e. The maximum atomic E-state index is 12.8. The Hall–Kier alpha value is -2.27. The molecule has 0 fully saturated rings. The van der Waals surface area contributed by atoms with Gasteiger partial charge in [0.05, 0.1) is 6.61 Å². The van der Waals surface area contributed by atoms with Crippen molar-refractivity contribution < 1.29 is 9.53 Å². The van der Waals surface area contributed by atoms with Crippen LogP contribution in [0.5, 0.6) is 5.75 Å². The molecule has 1 aliphatic heterocycles. The molecule has 1 aliphatic rings. The zero-order valence-electron chi connectivity index (χ0n) is 13.5. The van der Waals surface area contributed by atoms with Gasteiger partial charge in [0.25, 0.3) is 11.5 Å². The number of benzene rings is 1. The SMILES string of the molecule is CCOc1cc(=O)n2c(c1C(=O)Nc1ccc(Cl)cc1)CCCC2. The lowest BCUT2D eigenvalue weighted by Gasteiger charge is -2.23. The summed E-state index contributed by atoms with van der Waals surface area (Å²) in [6, 6.07) is 8.32. The molecular weight excluding hydrogens is 328 g/mol. The summed E-state index contributed by atoms with van der Waals surface area (Å²) in [5.41, 5.74) is 1.73. The third kappa shape index (κ3) is 3.31. The van der Waals surface area contributed by atoms with Crippen molar-refractivity contribution in [1.29, 1.82) is 0 Å². The number of aromatic nitrogens is 1. The van der Waals surface area contributed by atoms with Gasteiger partial charge in [0.1, 0.15) is 11.3 Å². The number of fused-ring (bicyclic) bond motifs is 1. The Kier molecular flexibility index (Phi) is 4.90. The highest BCUT2D eigenvalue weighted by Gasteiger charge is 2.24. The highest BCUT2D eigenvalue weighted by Crippen LogP contribution is 2.26. The normalized spacial score (nSPS) is 13.2. The van der Waals surface area contributed by atoms with Crippen LogP contribution in [-0.2, 0) is 13.0 Å². The summed E-state index contributed by atoms with van der Waals surface area (Å²) < 4.78 is 7.25. The van der Waals surface area contributed by atoms with Crippen molar-refractivity contribution in [1.82, 2.24) is 4.57 Å². The molecule has 1 amide bonds. The number of anilines is 1. The quantitative estimate of drug-likeness (QED) is 0.921. The van der Waals surface area contributed by atoms with E-state index in [1.165, 1.54) is 6.07 Å². The molecular formula is C18H19ClN2O3. The van der Waals surface area contributed by atoms with Crippen LogP contribution in [0.25, 0.3) is 0 Å². The number of amides is 1. The van der Waals surface area contributed by atoms with Crippen LogP contribution in [-0.4, -0.2) is 17.1 Å². The highest BCUT2D eigenvalue weighted by molar-refractivity contribution is 6.30. The molecule has 1 aromatic carbocycles. The molecule has 0 spiro atoms. The van der Waals surface area contributed by atoms with E-state index >= 15 is 0 Å². The molecule has 2 aromatic rings. The largest absolute Gasteiger partial charge is 0.493 e. The molecule has 1 N–H and O–H groups in total. The minimum Gasteiger partial charge on any atom is -0.493 e. The second kappa shape index (κ2) is 7.09. The maximum Gasteiger partial charge on any atom is 0.261 e. The Morgan fingerprint density at radius 3 is 2.75 bits per heavy atom. The first-order chi connectivity index (χ1) is 11.6. The number of nitrogens with zero attached hydrogens (tertiary/aromatic N) is 1. The van der Waals surface area contributed by atoms with Crippen molar-refractivity contribution in [2.45, 2.75) is 32.7 Å². The first kappa shape index (κ1) is 16.6. The van der Waals surface area contributed by atoms with E-state index in [2.05, 4.69) is 5.32 Å². The van der Waals surface area contributed by atoms with Crippen molar-refractivity contribution in [3.8, 4) is 5.75 Å². The number of pyridine rings is 1. The summed E-state index contributed by atoms with van der Waals surface area (Å²) in [4.78, 5) is 25.1. The number of hydrogen-bond acceptors (Lipinski definition) is 3. The molecule has 6 heteroatoms. The number of carbonyl (C=O) groups is 1. The van der Waals surface area contributed by atoms with Crippen LogP contribution in [0.1, 0.15) is 35.8 Å². The summed E-state index contributed by atoms with van der Waals surface area (Å²) in [5, 5.41) is 3.46. The zero-order chi connectivity index (χ0) is 17.1. The molecule has 3 rings (SSSR count). The number of hydrogen-bond donors (Lipinski definition) is 1. The lowest BCUT2D eigenvalue weighted by molar-refractivity contribution is 0.102. The Morgan fingerprint density at radius 2 is 2.04 bits per heavy atom. The summed E-state index contributed by atoms with van der Waals surface area (Å²) >= 11 is 5.87. The number of rotatable bonds is 4. The van der Waals surface area contributed by atoms with E-state index in [0.717, 1.165) is 18.5 Å². The Labute approximate surface area is 145 Å². The molecule has 24 heavy (non-hydrogen) atoms. The van der Waals surface area contributed by atoms with E-state index in [4.69, 9.17) is 16.3 Å². The van der Waals surface area contributed by atoms with Gasteiger partial charge >= 0.3 is 0 Å². The zero-order valence-corrected chi connectivity index (χ0v) is 14.2. The van der Waals surface area contributed by atoms with Crippen molar-refractivity contribution in [3.63, 3.8) is 0 Å². The highest BCUT2D eigenvalue weighted by atomic mass is 35.5. The fraction of sp³-hybridized carbons (Fsp3) is 0.333. The maximum absolute atomic E-state index is 12.8. The minimum absolute atomic E-state index is 0.115. The van der Waals surface area contributed by atoms with Gasteiger partial charge in [-0.15, -0.1) is 0 Å². The fourth-order valence-electron chi connectivity index (χ4n) is 2.98. The monoisotopic (exact) mass is 346 g/mol. The predicted molar refractivity (Wildman–Crippen MR) is 94.2 cm³/mol. The number of nitrogens with one attached hydrogen (secondary N) is 1. The third-order valence-electron chi connectivity index (χ3n) is 4.06. The topological polar surface area (TPSA) is 60.3 Å². The van der Waals surface area contributed by atoms with E-state index < -0.39 is 0 Å². The van der Waals surface area contributed by atoms with Crippen molar-refractivity contribution >= 4 is 23.2 Å². The number of halogens is 1. The summed E-state index contributed by atoms with van der Waals surface area (Å²) in [5.74, 6) is 0.0773. The molecule has 2 heterocycles. The van der Waals surface area contributed by atoms with Gasteiger partial charge in [-0.05, 0) is 50.5 Å². The van der Waals surface area contributed by atoms with Crippen LogP contribution in [0.3, 0.4) is 0 Å². The van der Waals surface area contributed by atoms with Crippen LogP contribution in [0, 0.1) is 0 Å². The fourth-order valence-corrected chi connectivity index (χ4v) is 3.10. The van der Waals surface area contributed by atoms with E-state index in [0.29, 0.717) is 41.6 Å². The first-order valence-electron chi connectivity index (χ1n) is 8.06. The van der Waals surface area contributed by atoms with Crippen LogP contribution in [0.2, 0.25) is 5.02 Å².